The smallest absolute Gasteiger partial charge is 0.396 e. The van der Waals surface area contributed by atoms with Crippen molar-refractivity contribution < 1.29 is 22.7 Å². The van der Waals surface area contributed by atoms with E-state index in [1.807, 2.05) is 0 Å². The normalized spacial score (nSPS) is 24.7. The van der Waals surface area contributed by atoms with Gasteiger partial charge in [-0.05, 0) is 50.8 Å². The zero-order chi connectivity index (χ0) is 24.8. The summed E-state index contributed by atoms with van der Waals surface area (Å²) >= 11 is 0. The quantitative estimate of drug-likeness (QED) is 0.469. The summed E-state index contributed by atoms with van der Waals surface area (Å²) in [5, 5.41) is 18.7. The minimum absolute atomic E-state index is 0.00340. The van der Waals surface area contributed by atoms with Crippen molar-refractivity contribution in [1.29, 1.82) is 0 Å². The van der Waals surface area contributed by atoms with Crippen LogP contribution in [-0.2, 0) is 6.18 Å². The van der Waals surface area contributed by atoms with Crippen LogP contribution in [0.25, 0.3) is 22.2 Å². The van der Waals surface area contributed by atoms with Crippen molar-refractivity contribution in [2.45, 2.75) is 50.7 Å². The fourth-order valence-electron chi connectivity index (χ4n) is 5.76. The highest BCUT2D eigenvalue weighted by atomic mass is 19.4. The van der Waals surface area contributed by atoms with Crippen molar-refractivity contribution in [3.8, 4) is 11.3 Å². The molecule has 11 heteroatoms. The second-order valence-corrected chi connectivity index (χ2v) is 10.1. The summed E-state index contributed by atoms with van der Waals surface area (Å²) in [6.45, 7) is 4.35. The van der Waals surface area contributed by atoms with Crippen LogP contribution < -0.4 is 11.1 Å². The predicted molar refractivity (Wildman–Crippen MR) is 121 cm³/mol. The maximum absolute atomic E-state index is 16.3. The maximum Gasteiger partial charge on any atom is 0.418 e. The number of halogens is 4. The lowest BCUT2D eigenvalue weighted by Gasteiger charge is -2.19. The molecule has 4 atom stereocenters. The molecule has 186 valence electrons. The molecule has 3 aliphatic rings. The summed E-state index contributed by atoms with van der Waals surface area (Å²) in [7, 11) is 0. The molecule has 4 heterocycles. The second kappa shape index (κ2) is 7.60. The number of hydrogen-bond acceptors (Lipinski definition) is 6. The molecule has 0 aromatic carbocycles. The average molecular weight is 491 g/mol. The number of hydrogen-bond donors (Lipinski definition) is 3. The third-order valence-electron chi connectivity index (χ3n) is 7.64. The Hall–Kier alpha value is -2.79. The highest BCUT2D eigenvalue weighted by Gasteiger charge is 2.56. The number of piperidine rings is 1. The molecule has 0 amide bonds. The summed E-state index contributed by atoms with van der Waals surface area (Å²) in [6, 6.07) is 1.02. The van der Waals surface area contributed by atoms with Crippen molar-refractivity contribution >= 4 is 16.7 Å². The van der Waals surface area contributed by atoms with E-state index in [1.165, 1.54) is 6.92 Å². The van der Waals surface area contributed by atoms with E-state index in [2.05, 4.69) is 15.3 Å². The molecular weight excluding hydrogens is 464 g/mol. The van der Waals surface area contributed by atoms with Crippen LogP contribution in [-0.4, -0.2) is 44.6 Å². The van der Waals surface area contributed by atoms with E-state index >= 15 is 4.39 Å². The number of rotatable bonds is 5. The molecule has 0 spiro atoms. The van der Waals surface area contributed by atoms with Gasteiger partial charge in [0.15, 0.2) is 5.82 Å². The summed E-state index contributed by atoms with van der Waals surface area (Å²) in [6.07, 6.45) is -3.13. The number of aryl methyl sites for hydroxylation is 1. The number of aliphatic hydroxyl groups excluding tert-OH is 1. The molecule has 7 nitrogen and oxygen atoms in total. The summed E-state index contributed by atoms with van der Waals surface area (Å²) < 4.78 is 60.2. The Bertz CT molecular complexity index is 1340. The van der Waals surface area contributed by atoms with Crippen molar-refractivity contribution in [2.24, 2.45) is 11.8 Å². The fraction of sp³-hybridized carbons (Fsp3) is 0.542. The van der Waals surface area contributed by atoms with Crippen molar-refractivity contribution in [2.75, 3.05) is 25.4 Å². The molecule has 3 aromatic rings. The molecule has 1 aliphatic heterocycles. The van der Waals surface area contributed by atoms with Crippen LogP contribution in [0.15, 0.2) is 6.07 Å². The van der Waals surface area contributed by atoms with E-state index in [1.54, 1.807) is 11.6 Å². The highest BCUT2D eigenvalue weighted by Crippen LogP contribution is 2.58. The largest absolute Gasteiger partial charge is 0.418 e. The minimum Gasteiger partial charge on any atom is -0.396 e. The van der Waals surface area contributed by atoms with Crippen LogP contribution in [0.5, 0.6) is 0 Å². The minimum atomic E-state index is -4.79. The summed E-state index contributed by atoms with van der Waals surface area (Å²) in [5.74, 6) is -0.573. The molecule has 1 saturated heterocycles. The number of nitrogens with one attached hydrogen (secondary N) is 1. The van der Waals surface area contributed by atoms with Gasteiger partial charge in [0.05, 0.1) is 35.3 Å². The Labute approximate surface area is 198 Å². The Balaban J connectivity index is 1.67. The first-order chi connectivity index (χ1) is 16.6. The third kappa shape index (κ3) is 3.42. The first-order valence-corrected chi connectivity index (χ1v) is 11.9. The number of pyridine rings is 2. The first-order valence-electron chi connectivity index (χ1n) is 11.9. The summed E-state index contributed by atoms with van der Waals surface area (Å²) in [4.78, 5) is 8.23. The van der Waals surface area contributed by atoms with Gasteiger partial charge < -0.3 is 16.2 Å². The lowest BCUT2D eigenvalue weighted by Crippen LogP contribution is -2.15. The third-order valence-corrected chi connectivity index (χ3v) is 7.64. The van der Waals surface area contributed by atoms with Crippen LogP contribution in [0.2, 0.25) is 0 Å². The first kappa shape index (κ1) is 22.7. The number of aromatic nitrogens is 4. The van der Waals surface area contributed by atoms with Crippen LogP contribution >= 0.6 is 0 Å². The van der Waals surface area contributed by atoms with Gasteiger partial charge in [0, 0.05) is 22.8 Å². The molecule has 3 fully saturated rings. The van der Waals surface area contributed by atoms with Gasteiger partial charge in [0.25, 0.3) is 0 Å². The molecule has 2 saturated carbocycles. The van der Waals surface area contributed by atoms with Crippen molar-refractivity contribution in [3.05, 3.63) is 34.5 Å². The van der Waals surface area contributed by atoms with Gasteiger partial charge in [-0.1, -0.05) is 6.92 Å². The van der Waals surface area contributed by atoms with Gasteiger partial charge in [-0.25, -0.2) is 14.4 Å². The number of alkyl halides is 3. The lowest BCUT2D eigenvalue weighted by atomic mass is 9.96. The number of fused-ring (bicyclic) bond motifs is 2. The zero-order valence-corrected chi connectivity index (χ0v) is 19.3. The van der Waals surface area contributed by atoms with Gasteiger partial charge in [0.1, 0.15) is 17.0 Å². The van der Waals surface area contributed by atoms with Gasteiger partial charge in [0.2, 0.25) is 0 Å². The Morgan fingerprint density at radius 2 is 1.91 bits per heavy atom. The van der Waals surface area contributed by atoms with E-state index in [-0.39, 0.29) is 35.6 Å². The zero-order valence-electron chi connectivity index (χ0n) is 19.3. The van der Waals surface area contributed by atoms with Gasteiger partial charge in [-0.3, -0.25) is 4.68 Å². The average Bonchev–Trinajstić information content (AvgIpc) is 3.66. The van der Waals surface area contributed by atoms with Crippen molar-refractivity contribution in [3.63, 3.8) is 0 Å². The summed E-state index contributed by atoms with van der Waals surface area (Å²) in [5.41, 5.74) is 4.76. The Morgan fingerprint density at radius 3 is 2.51 bits per heavy atom. The van der Waals surface area contributed by atoms with Crippen molar-refractivity contribution in [1.82, 2.24) is 25.1 Å². The van der Waals surface area contributed by atoms with E-state index in [9.17, 15) is 18.3 Å². The van der Waals surface area contributed by atoms with Gasteiger partial charge in [-0.15, -0.1) is 0 Å². The molecule has 6 rings (SSSR count). The van der Waals surface area contributed by atoms with Crippen LogP contribution in [0.1, 0.15) is 60.3 Å². The van der Waals surface area contributed by atoms with Gasteiger partial charge in [-0.2, -0.15) is 18.3 Å². The van der Waals surface area contributed by atoms with E-state index in [4.69, 9.17) is 10.8 Å². The number of nitrogen functional groups attached to an aromatic ring is 1. The van der Waals surface area contributed by atoms with Crippen LogP contribution in [0.3, 0.4) is 0 Å². The monoisotopic (exact) mass is 490 g/mol. The van der Waals surface area contributed by atoms with Gasteiger partial charge >= 0.3 is 6.18 Å². The van der Waals surface area contributed by atoms with E-state index in [0.717, 1.165) is 37.7 Å². The van der Waals surface area contributed by atoms with Crippen LogP contribution in [0, 0.1) is 24.6 Å². The molecule has 2 aliphatic carbocycles. The Kier molecular flexibility index (Phi) is 4.92. The number of nitrogens with two attached hydrogens (primary N) is 1. The molecule has 0 radical (unpaired) electrons. The molecular formula is C24H26F4N6O. The topological polar surface area (TPSA) is 102 Å². The molecule has 35 heavy (non-hydrogen) atoms. The highest BCUT2D eigenvalue weighted by molar-refractivity contribution is 5.90. The lowest BCUT2D eigenvalue weighted by molar-refractivity contribution is -0.137. The SMILES string of the molecule is Cc1nc(N)cc(-c2nc(C(C)CO)c3c(C4[C@H]5CNC[C@@H]45)nn(C4CC4)c3c2F)c1C(F)(F)F. The maximum atomic E-state index is 16.3. The number of anilines is 1. The molecule has 0 bridgehead atoms. The second-order valence-electron chi connectivity index (χ2n) is 10.1. The van der Waals surface area contributed by atoms with Crippen LogP contribution in [0.4, 0.5) is 23.4 Å². The standard InChI is InChI=1S/C24H26F4N6O/c1-9(8-35)20-17-22(16-13-6-30-7-14(13)16)33-34(11-3-4-11)23(17)19(25)21(32-20)12-5-15(29)31-10(2)18(12)24(26,27)28/h5,9,11,13-14,16,30,35H,3-4,6-8H2,1-2H3,(H2,29,31)/t9?,13-,14+,16?. The fourth-order valence-corrected chi connectivity index (χ4v) is 5.76. The van der Waals surface area contributed by atoms with E-state index in [0.29, 0.717) is 22.9 Å². The Morgan fingerprint density at radius 1 is 1.23 bits per heavy atom. The molecule has 2 unspecified atom stereocenters. The number of nitrogens with zero attached hydrogens (tertiary/aromatic N) is 4. The molecule has 3 aromatic heterocycles. The number of aliphatic hydroxyl groups is 1. The predicted octanol–water partition coefficient (Wildman–Crippen LogP) is 3.91. The van der Waals surface area contributed by atoms with E-state index < -0.39 is 34.7 Å². The molecule has 4 N–H and O–H groups in total.